The van der Waals surface area contributed by atoms with Crippen molar-refractivity contribution in [2.75, 3.05) is 20.6 Å². The first-order chi connectivity index (χ1) is 9.08. The van der Waals surface area contributed by atoms with Crippen molar-refractivity contribution in [2.45, 2.75) is 13.0 Å². The van der Waals surface area contributed by atoms with Crippen LogP contribution in [0.2, 0.25) is 0 Å². The number of rotatable bonds is 5. The SMILES string of the molecule is Cc1cc(C(=O)NCC(c2cccs2)N(C)C)on1. The molecule has 0 aliphatic carbocycles. The van der Waals surface area contributed by atoms with Crippen LogP contribution in [0.25, 0.3) is 0 Å². The molecule has 0 aromatic carbocycles. The molecule has 6 heteroatoms. The highest BCUT2D eigenvalue weighted by molar-refractivity contribution is 7.10. The lowest BCUT2D eigenvalue weighted by Crippen LogP contribution is -2.34. The number of hydrogen-bond acceptors (Lipinski definition) is 5. The lowest BCUT2D eigenvalue weighted by Gasteiger charge is -2.23. The van der Waals surface area contributed by atoms with E-state index in [1.54, 1.807) is 24.3 Å². The van der Waals surface area contributed by atoms with Crippen LogP contribution in [0.1, 0.15) is 27.2 Å². The van der Waals surface area contributed by atoms with Crippen LogP contribution in [0.5, 0.6) is 0 Å². The topological polar surface area (TPSA) is 58.4 Å². The first-order valence-corrected chi connectivity index (χ1v) is 6.87. The maximum Gasteiger partial charge on any atom is 0.289 e. The van der Waals surface area contributed by atoms with E-state index in [4.69, 9.17) is 4.52 Å². The Balaban J connectivity index is 1.98. The summed E-state index contributed by atoms with van der Waals surface area (Å²) in [5.41, 5.74) is 0.701. The summed E-state index contributed by atoms with van der Waals surface area (Å²) in [6.07, 6.45) is 0. The predicted molar refractivity (Wildman–Crippen MR) is 74.3 cm³/mol. The Morgan fingerprint density at radius 1 is 1.58 bits per heavy atom. The second-order valence-electron chi connectivity index (χ2n) is 4.54. The van der Waals surface area contributed by atoms with E-state index in [0.717, 1.165) is 0 Å². The van der Waals surface area contributed by atoms with Gasteiger partial charge in [0.05, 0.1) is 11.7 Å². The molecule has 5 nitrogen and oxygen atoms in total. The van der Waals surface area contributed by atoms with Crippen molar-refractivity contribution >= 4 is 17.2 Å². The van der Waals surface area contributed by atoms with Gasteiger partial charge in [0.25, 0.3) is 5.91 Å². The maximum absolute atomic E-state index is 11.9. The zero-order valence-electron chi connectivity index (χ0n) is 11.2. The summed E-state index contributed by atoms with van der Waals surface area (Å²) >= 11 is 1.68. The number of aryl methyl sites for hydroxylation is 1. The molecule has 0 aliphatic rings. The zero-order chi connectivity index (χ0) is 13.8. The first-order valence-electron chi connectivity index (χ1n) is 5.99. The summed E-state index contributed by atoms with van der Waals surface area (Å²) in [5.74, 6) is 0.0187. The average Bonchev–Trinajstić information content (AvgIpc) is 3.00. The van der Waals surface area contributed by atoms with Crippen LogP contribution < -0.4 is 5.32 Å². The molecule has 19 heavy (non-hydrogen) atoms. The molecule has 0 aliphatic heterocycles. The Hall–Kier alpha value is -1.66. The van der Waals surface area contributed by atoms with Gasteiger partial charge in [0, 0.05) is 17.5 Å². The van der Waals surface area contributed by atoms with E-state index in [2.05, 4.69) is 21.4 Å². The quantitative estimate of drug-likeness (QED) is 0.910. The van der Waals surface area contributed by atoms with E-state index in [1.807, 2.05) is 25.5 Å². The number of aromatic nitrogens is 1. The Kier molecular flexibility index (Phi) is 4.34. The number of carbonyl (C=O) groups excluding carboxylic acids is 1. The van der Waals surface area contributed by atoms with E-state index in [9.17, 15) is 4.79 Å². The van der Waals surface area contributed by atoms with E-state index >= 15 is 0 Å². The van der Waals surface area contributed by atoms with Gasteiger partial charge in [-0.05, 0) is 32.5 Å². The van der Waals surface area contributed by atoms with Crippen LogP contribution in [-0.2, 0) is 0 Å². The standard InChI is InChI=1S/C13H17N3O2S/c1-9-7-11(18-15-9)13(17)14-8-10(16(2)3)12-5-4-6-19-12/h4-7,10H,8H2,1-3H3,(H,14,17). The van der Waals surface area contributed by atoms with Gasteiger partial charge in [-0.3, -0.25) is 4.79 Å². The molecule has 2 rings (SSSR count). The van der Waals surface area contributed by atoms with Gasteiger partial charge in [-0.25, -0.2) is 0 Å². The van der Waals surface area contributed by atoms with Crippen LogP contribution in [0.15, 0.2) is 28.1 Å². The van der Waals surface area contributed by atoms with E-state index < -0.39 is 0 Å². The third-order valence-electron chi connectivity index (χ3n) is 2.80. The normalized spacial score (nSPS) is 12.6. The summed E-state index contributed by atoms with van der Waals surface area (Å²) in [6.45, 7) is 2.32. The molecule has 102 valence electrons. The van der Waals surface area contributed by atoms with Crippen LogP contribution in [0.4, 0.5) is 0 Å². The smallest absolute Gasteiger partial charge is 0.289 e. The Morgan fingerprint density at radius 3 is 2.89 bits per heavy atom. The lowest BCUT2D eigenvalue weighted by molar-refractivity contribution is 0.0905. The molecule has 1 atom stereocenters. The second kappa shape index (κ2) is 5.99. The Morgan fingerprint density at radius 2 is 2.37 bits per heavy atom. The molecular weight excluding hydrogens is 262 g/mol. The molecule has 1 N–H and O–H groups in total. The molecule has 0 bridgehead atoms. The number of thiophene rings is 1. The number of hydrogen-bond donors (Lipinski definition) is 1. The number of nitrogens with one attached hydrogen (secondary N) is 1. The van der Waals surface area contributed by atoms with Gasteiger partial charge in [-0.15, -0.1) is 11.3 Å². The monoisotopic (exact) mass is 279 g/mol. The van der Waals surface area contributed by atoms with Gasteiger partial charge in [-0.2, -0.15) is 0 Å². The average molecular weight is 279 g/mol. The zero-order valence-corrected chi connectivity index (χ0v) is 12.0. The van der Waals surface area contributed by atoms with Crippen molar-refractivity contribution < 1.29 is 9.32 Å². The summed E-state index contributed by atoms with van der Waals surface area (Å²) in [4.78, 5) is 15.2. The van der Waals surface area contributed by atoms with Gasteiger partial charge in [0.15, 0.2) is 0 Å². The number of nitrogens with zero attached hydrogens (tertiary/aromatic N) is 2. The molecule has 2 aromatic heterocycles. The second-order valence-corrected chi connectivity index (χ2v) is 5.52. The molecule has 0 radical (unpaired) electrons. The molecule has 2 heterocycles. The largest absolute Gasteiger partial charge is 0.351 e. The molecule has 2 aromatic rings. The predicted octanol–water partition coefficient (Wildman–Crippen LogP) is 2.08. The maximum atomic E-state index is 11.9. The fourth-order valence-corrected chi connectivity index (χ4v) is 2.69. The van der Waals surface area contributed by atoms with E-state index in [-0.39, 0.29) is 17.7 Å². The lowest BCUT2D eigenvalue weighted by atomic mass is 10.2. The summed E-state index contributed by atoms with van der Waals surface area (Å²) < 4.78 is 4.94. The minimum Gasteiger partial charge on any atom is -0.351 e. The van der Waals surface area contributed by atoms with Crippen LogP contribution in [0.3, 0.4) is 0 Å². The van der Waals surface area contributed by atoms with Crippen LogP contribution in [-0.4, -0.2) is 36.6 Å². The van der Waals surface area contributed by atoms with Crippen molar-refractivity contribution in [1.82, 2.24) is 15.4 Å². The third kappa shape index (κ3) is 3.42. The first kappa shape index (κ1) is 13.8. The summed E-state index contributed by atoms with van der Waals surface area (Å²) in [7, 11) is 3.99. The van der Waals surface area contributed by atoms with E-state index in [1.165, 1.54) is 4.88 Å². The third-order valence-corrected chi connectivity index (χ3v) is 3.78. The van der Waals surface area contributed by atoms with Crippen molar-refractivity contribution in [1.29, 1.82) is 0 Å². The van der Waals surface area contributed by atoms with Gasteiger partial charge in [0.1, 0.15) is 0 Å². The number of likely N-dealkylation sites (N-methyl/N-ethyl adjacent to an activating group) is 1. The molecule has 0 fully saturated rings. The molecule has 1 amide bonds. The molecule has 0 spiro atoms. The highest BCUT2D eigenvalue weighted by Gasteiger charge is 2.18. The Labute approximate surface area is 116 Å². The minimum atomic E-state index is -0.232. The van der Waals surface area contributed by atoms with Gasteiger partial charge < -0.3 is 14.7 Å². The number of amides is 1. The highest BCUT2D eigenvalue weighted by atomic mass is 32.1. The molecular formula is C13H17N3O2S. The fraction of sp³-hybridized carbons (Fsp3) is 0.385. The fourth-order valence-electron chi connectivity index (χ4n) is 1.77. The molecule has 0 saturated carbocycles. The van der Waals surface area contributed by atoms with Crippen molar-refractivity contribution in [3.63, 3.8) is 0 Å². The molecule has 1 unspecified atom stereocenters. The van der Waals surface area contributed by atoms with Crippen molar-refractivity contribution in [3.05, 3.63) is 39.9 Å². The minimum absolute atomic E-state index is 0.160. The highest BCUT2D eigenvalue weighted by Crippen LogP contribution is 2.22. The Bertz CT molecular complexity index is 534. The van der Waals surface area contributed by atoms with Gasteiger partial charge in [0.2, 0.25) is 5.76 Å². The number of carbonyl (C=O) groups is 1. The summed E-state index contributed by atoms with van der Waals surface area (Å²) in [5, 5.41) is 8.62. The van der Waals surface area contributed by atoms with Crippen molar-refractivity contribution in [3.8, 4) is 0 Å². The van der Waals surface area contributed by atoms with E-state index in [0.29, 0.717) is 12.2 Å². The summed E-state index contributed by atoms with van der Waals surface area (Å²) in [6, 6.07) is 5.87. The van der Waals surface area contributed by atoms with Gasteiger partial charge >= 0.3 is 0 Å². The van der Waals surface area contributed by atoms with Crippen LogP contribution >= 0.6 is 11.3 Å². The molecule has 0 saturated heterocycles. The van der Waals surface area contributed by atoms with Crippen LogP contribution in [0, 0.1) is 6.92 Å². The van der Waals surface area contributed by atoms with Gasteiger partial charge in [-0.1, -0.05) is 11.2 Å². The van der Waals surface area contributed by atoms with Crippen molar-refractivity contribution in [2.24, 2.45) is 0 Å².